The summed E-state index contributed by atoms with van der Waals surface area (Å²) in [6.45, 7) is 0. The SMILES string of the molecule is C1=CN2C=C/C(=C/C=C/c3cc[n+]4ccsc4n3)N=C2S1. The van der Waals surface area contributed by atoms with Gasteiger partial charge in [-0.05, 0) is 28.6 Å². The van der Waals surface area contributed by atoms with Crippen molar-refractivity contribution < 1.29 is 4.40 Å². The van der Waals surface area contributed by atoms with Crippen molar-refractivity contribution >= 4 is 39.3 Å². The maximum Gasteiger partial charge on any atom is 0.387 e. The van der Waals surface area contributed by atoms with Gasteiger partial charge in [-0.2, -0.15) is 4.40 Å². The maximum atomic E-state index is 4.56. The molecule has 0 aliphatic carbocycles. The van der Waals surface area contributed by atoms with Gasteiger partial charge in [0.2, 0.25) is 0 Å². The second kappa shape index (κ2) is 5.31. The predicted octanol–water partition coefficient (Wildman–Crippen LogP) is 3.18. The maximum absolute atomic E-state index is 4.56. The minimum atomic E-state index is 0.945. The summed E-state index contributed by atoms with van der Waals surface area (Å²) in [5.74, 6) is 0. The van der Waals surface area contributed by atoms with Crippen LogP contribution in [0.4, 0.5) is 0 Å². The van der Waals surface area contributed by atoms with Crippen LogP contribution in [-0.2, 0) is 0 Å². The number of rotatable bonds is 2. The summed E-state index contributed by atoms with van der Waals surface area (Å²) in [7, 11) is 0. The number of allylic oxidation sites excluding steroid dienone is 3. The molecular formula is C15H11N4S2+. The Hall–Kier alpha value is -2.18. The van der Waals surface area contributed by atoms with Gasteiger partial charge in [-0.25, -0.2) is 4.99 Å². The molecule has 2 aliphatic heterocycles. The summed E-state index contributed by atoms with van der Waals surface area (Å²) in [4.78, 5) is 12.1. The van der Waals surface area contributed by atoms with Gasteiger partial charge in [0.05, 0.1) is 5.70 Å². The number of hydrogen-bond donors (Lipinski definition) is 0. The van der Waals surface area contributed by atoms with Gasteiger partial charge >= 0.3 is 4.96 Å². The van der Waals surface area contributed by atoms with E-state index < -0.39 is 0 Å². The Morgan fingerprint density at radius 1 is 1.24 bits per heavy atom. The van der Waals surface area contributed by atoms with Gasteiger partial charge in [0.25, 0.3) is 0 Å². The van der Waals surface area contributed by atoms with Gasteiger partial charge in [0.15, 0.2) is 10.9 Å². The van der Waals surface area contributed by atoms with Gasteiger partial charge in [0.1, 0.15) is 12.4 Å². The van der Waals surface area contributed by atoms with Crippen molar-refractivity contribution in [2.75, 3.05) is 0 Å². The summed E-state index contributed by atoms with van der Waals surface area (Å²) in [5, 5.41) is 5.05. The molecule has 6 heteroatoms. The molecule has 102 valence electrons. The smallest absolute Gasteiger partial charge is 0.302 e. The van der Waals surface area contributed by atoms with Crippen LogP contribution in [0.3, 0.4) is 0 Å². The van der Waals surface area contributed by atoms with E-state index in [0.29, 0.717) is 0 Å². The van der Waals surface area contributed by atoms with Crippen LogP contribution in [0.2, 0.25) is 0 Å². The average Bonchev–Trinajstić information content (AvgIpc) is 3.14. The summed E-state index contributed by atoms with van der Waals surface area (Å²) in [5.41, 5.74) is 1.89. The van der Waals surface area contributed by atoms with Gasteiger partial charge in [-0.3, -0.25) is 0 Å². The number of aliphatic imine (C=N–C) groups is 1. The van der Waals surface area contributed by atoms with Crippen molar-refractivity contribution in [1.29, 1.82) is 0 Å². The molecule has 2 aromatic heterocycles. The third-order valence-electron chi connectivity index (χ3n) is 3.03. The Morgan fingerprint density at radius 3 is 3.24 bits per heavy atom. The molecule has 4 heterocycles. The Labute approximate surface area is 130 Å². The van der Waals surface area contributed by atoms with E-state index in [4.69, 9.17) is 0 Å². The number of hydrogen-bond acceptors (Lipinski definition) is 5. The summed E-state index contributed by atoms with van der Waals surface area (Å²) < 4.78 is 2.01. The third kappa shape index (κ3) is 2.55. The van der Waals surface area contributed by atoms with E-state index >= 15 is 0 Å². The topological polar surface area (TPSA) is 32.6 Å². The molecule has 0 aromatic carbocycles. The fraction of sp³-hybridized carbons (Fsp3) is 0. The molecule has 0 saturated carbocycles. The van der Waals surface area contributed by atoms with E-state index in [-0.39, 0.29) is 0 Å². The van der Waals surface area contributed by atoms with Crippen molar-refractivity contribution in [3.63, 3.8) is 0 Å². The van der Waals surface area contributed by atoms with Crippen LogP contribution >= 0.6 is 23.1 Å². The third-order valence-corrected chi connectivity index (χ3v) is 4.57. The molecule has 0 N–H and O–H groups in total. The van der Waals surface area contributed by atoms with Crippen LogP contribution in [0, 0.1) is 0 Å². The highest BCUT2D eigenvalue weighted by molar-refractivity contribution is 8.16. The number of fused-ring (bicyclic) bond motifs is 2. The van der Waals surface area contributed by atoms with E-state index in [1.807, 2.05) is 75.3 Å². The molecule has 21 heavy (non-hydrogen) atoms. The molecule has 0 unspecified atom stereocenters. The van der Waals surface area contributed by atoms with Crippen molar-refractivity contribution in [3.8, 4) is 0 Å². The molecule has 0 fully saturated rings. The molecule has 4 nitrogen and oxygen atoms in total. The molecule has 2 aromatic rings. The second-order valence-corrected chi connectivity index (χ2v) is 6.16. The van der Waals surface area contributed by atoms with Crippen molar-refractivity contribution in [1.82, 2.24) is 9.88 Å². The van der Waals surface area contributed by atoms with Gasteiger partial charge in [-0.15, -0.1) is 0 Å². The van der Waals surface area contributed by atoms with Crippen molar-refractivity contribution in [3.05, 3.63) is 71.3 Å². The molecule has 0 atom stereocenters. The lowest BCUT2D eigenvalue weighted by molar-refractivity contribution is -0.509. The first kappa shape index (κ1) is 12.6. The van der Waals surface area contributed by atoms with Crippen LogP contribution in [0.5, 0.6) is 0 Å². The number of aromatic nitrogens is 2. The highest BCUT2D eigenvalue weighted by Crippen LogP contribution is 2.25. The number of thiazole rings is 1. The minimum Gasteiger partial charge on any atom is -0.302 e. The lowest BCUT2D eigenvalue weighted by Gasteiger charge is -2.14. The van der Waals surface area contributed by atoms with E-state index in [0.717, 1.165) is 21.5 Å². The van der Waals surface area contributed by atoms with Crippen LogP contribution < -0.4 is 4.40 Å². The van der Waals surface area contributed by atoms with E-state index in [2.05, 4.69) is 9.98 Å². The Kier molecular flexibility index (Phi) is 3.17. The largest absolute Gasteiger partial charge is 0.387 e. The molecule has 0 spiro atoms. The van der Waals surface area contributed by atoms with Crippen LogP contribution in [0.25, 0.3) is 11.0 Å². The molecular weight excluding hydrogens is 300 g/mol. The lowest BCUT2D eigenvalue weighted by atomic mass is 10.3. The quantitative estimate of drug-likeness (QED) is 0.799. The van der Waals surface area contributed by atoms with Crippen molar-refractivity contribution in [2.24, 2.45) is 4.99 Å². The van der Waals surface area contributed by atoms with E-state index in [1.54, 1.807) is 23.1 Å². The molecule has 0 bridgehead atoms. The van der Waals surface area contributed by atoms with Crippen LogP contribution in [0.15, 0.2) is 70.6 Å². The Bertz CT molecular complexity index is 842. The summed E-state index contributed by atoms with van der Waals surface area (Å²) in [6, 6.07) is 2.00. The zero-order chi connectivity index (χ0) is 14.1. The first-order valence-corrected chi connectivity index (χ1v) is 8.17. The first-order chi connectivity index (χ1) is 10.4. The monoisotopic (exact) mass is 311 g/mol. The van der Waals surface area contributed by atoms with E-state index in [1.165, 1.54) is 0 Å². The molecule has 2 aliphatic rings. The van der Waals surface area contributed by atoms with Gasteiger partial charge < -0.3 is 4.90 Å². The lowest BCUT2D eigenvalue weighted by Crippen LogP contribution is -2.17. The zero-order valence-corrected chi connectivity index (χ0v) is 12.6. The predicted molar refractivity (Wildman–Crippen MR) is 87.5 cm³/mol. The van der Waals surface area contributed by atoms with E-state index in [9.17, 15) is 0 Å². The van der Waals surface area contributed by atoms with Crippen LogP contribution in [-0.4, -0.2) is 15.1 Å². The fourth-order valence-electron chi connectivity index (χ4n) is 2.00. The Balaban J connectivity index is 1.54. The van der Waals surface area contributed by atoms with Gasteiger partial charge in [0, 0.05) is 23.8 Å². The standard InChI is InChI=1S/C15H11N4S2/c1(2-12-4-6-18-8-10-20-14(18)16-12)3-13-5-7-19-9-11-21-15(19)17-13/h1-11H/q+1. The highest BCUT2D eigenvalue weighted by Gasteiger charge is 2.14. The number of amidine groups is 1. The number of nitrogens with zero attached hydrogens (tertiary/aromatic N) is 4. The highest BCUT2D eigenvalue weighted by atomic mass is 32.2. The minimum absolute atomic E-state index is 0.945. The van der Waals surface area contributed by atoms with Gasteiger partial charge in [-0.1, -0.05) is 29.2 Å². The second-order valence-electron chi connectivity index (χ2n) is 4.42. The average molecular weight is 311 g/mol. The fourth-order valence-corrected chi connectivity index (χ4v) is 3.43. The molecule has 4 rings (SSSR count). The zero-order valence-electron chi connectivity index (χ0n) is 11.0. The van der Waals surface area contributed by atoms with Crippen molar-refractivity contribution in [2.45, 2.75) is 0 Å². The summed E-state index contributed by atoms with van der Waals surface area (Å²) in [6.07, 6.45) is 16.0. The normalized spacial score (nSPS) is 19.0. The van der Waals surface area contributed by atoms with Crippen LogP contribution in [0.1, 0.15) is 5.69 Å². The molecule has 0 radical (unpaired) electrons. The first-order valence-electron chi connectivity index (χ1n) is 6.41. The Morgan fingerprint density at radius 2 is 2.24 bits per heavy atom. The molecule has 0 saturated heterocycles. The number of thioether (sulfide) groups is 1. The summed E-state index contributed by atoms with van der Waals surface area (Å²) >= 11 is 3.26. The molecule has 0 amide bonds.